The SMILES string of the molecule is CCN(C(=O)NCC(=O)N1CCCC1)C(C)(C)C(=O)O. The van der Waals surface area contributed by atoms with Crippen LogP contribution in [-0.2, 0) is 9.59 Å². The van der Waals surface area contributed by atoms with Gasteiger partial charge in [0.1, 0.15) is 5.54 Å². The molecule has 1 saturated heterocycles. The van der Waals surface area contributed by atoms with Crippen LogP contribution in [0.3, 0.4) is 0 Å². The summed E-state index contributed by atoms with van der Waals surface area (Å²) in [6.07, 6.45) is 1.99. The molecule has 7 heteroatoms. The summed E-state index contributed by atoms with van der Waals surface area (Å²) in [5, 5.41) is 11.6. The van der Waals surface area contributed by atoms with E-state index >= 15 is 0 Å². The van der Waals surface area contributed by atoms with E-state index in [4.69, 9.17) is 5.11 Å². The van der Waals surface area contributed by atoms with Crippen molar-refractivity contribution < 1.29 is 19.5 Å². The number of carbonyl (C=O) groups is 3. The highest BCUT2D eigenvalue weighted by Gasteiger charge is 2.37. The van der Waals surface area contributed by atoms with Crippen LogP contribution in [0.2, 0.25) is 0 Å². The summed E-state index contributed by atoms with van der Waals surface area (Å²) in [5.41, 5.74) is -1.31. The van der Waals surface area contributed by atoms with Crippen LogP contribution >= 0.6 is 0 Å². The molecule has 0 bridgehead atoms. The molecule has 1 fully saturated rings. The molecule has 0 aliphatic carbocycles. The zero-order valence-corrected chi connectivity index (χ0v) is 12.3. The Morgan fingerprint density at radius 2 is 1.80 bits per heavy atom. The largest absolute Gasteiger partial charge is 0.480 e. The van der Waals surface area contributed by atoms with Gasteiger partial charge in [0.2, 0.25) is 5.91 Å². The van der Waals surface area contributed by atoms with Crippen molar-refractivity contribution in [2.45, 2.75) is 39.2 Å². The Labute approximate surface area is 118 Å². The highest BCUT2D eigenvalue weighted by atomic mass is 16.4. The van der Waals surface area contributed by atoms with Gasteiger partial charge in [-0.05, 0) is 33.6 Å². The van der Waals surface area contributed by atoms with E-state index in [0.29, 0.717) is 0 Å². The topological polar surface area (TPSA) is 90.0 Å². The summed E-state index contributed by atoms with van der Waals surface area (Å²) in [6, 6.07) is -0.535. The molecular weight excluding hydrogens is 262 g/mol. The Morgan fingerprint density at radius 1 is 1.25 bits per heavy atom. The summed E-state index contributed by atoms with van der Waals surface area (Å²) < 4.78 is 0. The first-order valence-corrected chi connectivity index (χ1v) is 6.87. The number of nitrogens with one attached hydrogen (secondary N) is 1. The quantitative estimate of drug-likeness (QED) is 0.770. The van der Waals surface area contributed by atoms with E-state index < -0.39 is 17.5 Å². The van der Waals surface area contributed by atoms with E-state index in [0.717, 1.165) is 25.9 Å². The monoisotopic (exact) mass is 285 g/mol. The molecule has 0 atom stereocenters. The van der Waals surface area contributed by atoms with E-state index in [2.05, 4.69) is 5.32 Å². The lowest BCUT2D eigenvalue weighted by molar-refractivity contribution is -0.147. The number of aliphatic carboxylic acids is 1. The zero-order valence-electron chi connectivity index (χ0n) is 12.3. The first-order valence-electron chi connectivity index (χ1n) is 6.87. The predicted molar refractivity (Wildman–Crippen MR) is 73.3 cm³/mol. The van der Waals surface area contributed by atoms with Crippen molar-refractivity contribution in [1.29, 1.82) is 0 Å². The van der Waals surface area contributed by atoms with Gasteiger partial charge in [-0.1, -0.05) is 0 Å². The Kier molecular flexibility index (Phi) is 5.35. The molecular formula is C13H23N3O4. The van der Waals surface area contributed by atoms with Crippen LogP contribution in [-0.4, -0.2) is 64.5 Å². The number of rotatable bonds is 5. The highest BCUT2D eigenvalue weighted by Crippen LogP contribution is 2.14. The molecule has 0 saturated carbocycles. The maximum absolute atomic E-state index is 12.0. The molecule has 20 heavy (non-hydrogen) atoms. The molecule has 114 valence electrons. The second-order valence-corrected chi connectivity index (χ2v) is 5.36. The summed E-state index contributed by atoms with van der Waals surface area (Å²) in [7, 11) is 0. The van der Waals surface area contributed by atoms with Gasteiger partial charge in [0, 0.05) is 19.6 Å². The number of hydrogen-bond acceptors (Lipinski definition) is 3. The smallest absolute Gasteiger partial charge is 0.329 e. The fourth-order valence-corrected chi connectivity index (χ4v) is 2.23. The molecule has 1 aliphatic rings. The number of amides is 3. The number of likely N-dealkylation sites (N-methyl/N-ethyl adjacent to an activating group) is 1. The number of carboxylic acids is 1. The second kappa shape index (κ2) is 6.58. The van der Waals surface area contributed by atoms with E-state index in [1.807, 2.05) is 0 Å². The first-order chi connectivity index (χ1) is 9.30. The van der Waals surface area contributed by atoms with Gasteiger partial charge in [-0.15, -0.1) is 0 Å². The van der Waals surface area contributed by atoms with Gasteiger partial charge in [0.25, 0.3) is 0 Å². The van der Waals surface area contributed by atoms with Crippen LogP contribution < -0.4 is 5.32 Å². The van der Waals surface area contributed by atoms with Crippen LogP contribution in [0.1, 0.15) is 33.6 Å². The normalized spacial score (nSPS) is 15.1. The maximum atomic E-state index is 12.0. The Bertz CT molecular complexity index is 389. The van der Waals surface area contributed by atoms with E-state index in [-0.39, 0.29) is 19.0 Å². The van der Waals surface area contributed by atoms with Crippen molar-refractivity contribution >= 4 is 17.9 Å². The molecule has 0 aromatic carbocycles. The number of carboxylic acid groups (broad SMARTS) is 1. The molecule has 7 nitrogen and oxygen atoms in total. The third-order valence-electron chi connectivity index (χ3n) is 3.61. The fourth-order valence-electron chi connectivity index (χ4n) is 2.23. The van der Waals surface area contributed by atoms with Gasteiger partial charge in [0.15, 0.2) is 0 Å². The Morgan fingerprint density at radius 3 is 2.25 bits per heavy atom. The maximum Gasteiger partial charge on any atom is 0.329 e. The van der Waals surface area contributed by atoms with Gasteiger partial charge < -0.3 is 20.2 Å². The summed E-state index contributed by atoms with van der Waals surface area (Å²) >= 11 is 0. The zero-order chi connectivity index (χ0) is 15.3. The molecule has 0 aromatic rings. The van der Waals surface area contributed by atoms with Gasteiger partial charge in [-0.25, -0.2) is 9.59 Å². The Balaban J connectivity index is 2.55. The van der Waals surface area contributed by atoms with Crippen LogP contribution in [0.4, 0.5) is 4.79 Å². The Hall–Kier alpha value is -1.79. The standard InChI is InChI=1S/C13H23N3O4/c1-4-16(13(2,3)11(18)19)12(20)14-9-10(17)15-7-5-6-8-15/h4-9H2,1-3H3,(H,14,20)(H,18,19). The molecule has 1 rings (SSSR count). The van der Waals surface area contributed by atoms with Crippen molar-refractivity contribution in [2.75, 3.05) is 26.2 Å². The lowest BCUT2D eigenvalue weighted by atomic mass is 10.0. The average molecular weight is 285 g/mol. The van der Waals surface area contributed by atoms with Crippen molar-refractivity contribution in [3.05, 3.63) is 0 Å². The van der Waals surface area contributed by atoms with E-state index in [1.54, 1.807) is 11.8 Å². The highest BCUT2D eigenvalue weighted by molar-refractivity contribution is 5.88. The minimum atomic E-state index is -1.31. The van der Waals surface area contributed by atoms with Crippen LogP contribution in [0.25, 0.3) is 0 Å². The van der Waals surface area contributed by atoms with Crippen LogP contribution in [0.5, 0.6) is 0 Å². The molecule has 2 N–H and O–H groups in total. The third-order valence-corrected chi connectivity index (χ3v) is 3.61. The second-order valence-electron chi connectivity index (χ2n) is 5.36. The number of nitrogens with zero attached hydrogens (tertiary/aromatic N) is 2. The van der Waals surface area contributed by atoms with Crippen molar-refractivity contribution in [2.24, 2.45) is 0 Å². The van der Waals surface area contributed by atoms with Gasteiger partial charge in [-0.3, -0.25) is 4.79 Å². The molecule has 1 aliphatic heterocycles. The van der Waals surface area contributed by atoms with Crippen molar-refractivity contribution in [3.63, 3.8) is 0 Å². The lowest BCUT2D eigenvalue weighted by Crippen LogP contribution is -2.57. The molecule has 0 spiro atoms. The minimum absolute atomic E-state index is 0.0922. The fraction of sp³-hybridized carbons (Fsp3) is 0.769. The van der Waals surface area contributed by atoms with Crippen LogP contribution in [0.15, 0.2) is 0 Å². The third kappa shape index (κ3) is 3.61. The summed E-state index contributed by atoms with van der Waals surface area (Å²) in [6.45, 7) is 6.24. The van der Waals surface area contributed by atoms with Gasteiger partial charge in [0.05, 0.1) is 6.54 Å². The minimum Gasteiger partial charge on any atom is -0.480 e. The van der Waals surface area contributed by atoms with Gasteiger partial charge >= 0.3 is 12.0 Å². The van der Waals surface area contributed by atoms with Gasteiger partial charge in [-0.2, -0.15) is 0 Å². The average Bonchev–Trinajstić information content (AvgIpc) is 2.90. The summed E-state index contributed by atoms with van der Waals surface area (Å²) in [4.78, 5) is 37.9. The predicted octanol–water partition coefficient (Wildman–Crippen LogP) is 0.504. The number of likely N-dealkylation sites (tertiary alicyclic amines) is 1. The molecule has 3 amide bonds. The molecule has 0 aromatic heterocycles. The number of hydrogen-bond donors (Lipinski definition) is 2. The van der Waals surface area contributed by atoms with E-state index in [1.165, 1.54) is 18.7 Å². The van der Waals surface area contributed by atoms with Crippen LogP contribution in [0, 0.1) is 0 Å². The van der Waals surface area contributed by atoms with E-state index in [9.17, 15) is 14.4 Å². The molecule has 0 unspecified atom stereocenters. The number of urea groups is 1. The lowest BCUT2D eigenvalue weighted by Gasteiger charge is -2.34. The van der Waals surface area contributed by atoms with Crippen molar-refractivity contribution in [3.8, 4) is 0 Å². The van der Waals surface area contributed by atoms with Crippen molar-refractivity contribution in [1.82, 2.24) is 15.1 Å². The molecule has 0 radical (unpaired) electrons. The first kappa shape index (κ1) is 16.3. The molecule has 1 heterocycles. The number of carbonyl (C=O) groups excluding carboxylic acids is 2. The summed E-state index contributed by atoms with van der Waals surface area (Å²) in [5.74, 6) is -1.21.